The van der Waals surface area contributed by atoms with E-state index < -0.39 is 0 Å². The number of carbonyl (C=O) groups excluding carboxylic acids is 2. The van der Waals surface area contributed by atoms with Gasteiger partial charge in [0.15, 0.2) is 0 Å². The van der Waals surface area contributed by atoms with Gasteiger partial charge in [0, 0.05) is 40.6 Å². The largest absolute Gasteiger partial charge is 0.464 e. The molecule has 4 rings (SSSR count). The van der Waals surface area contributed by atoms with Crippen molar-refractivity contribution in [1.29, 1.82) is 0 Å². The Morgan fingerprint density at radius 2 is 2.09 bits per heavy atom. The van der Waals surface area contributed by atoms with Crippen LogP contribution in [0.2, 0.25) is 5.02 Å². The third-order valence-corrected chi connectivity index (χ3v) is 7.02. The first-order valence-corrected chi connectivity index (χ1v) is 12.2. The highest BCUT2D eigenvalue weighted by molar-refractivity contribution is 7.17. The number of aryl methyl sites for hydroxylation is 1. The number of furan rings is 1. The second kappa shape index (κ2) is 10.5. The lowest BCUT2D eigenvalue weighted by Crippen LogP contribution is -2.27. The van der Waals surface area contributed by atoms with E-state index >= 15 is 0 Å². The summed E-state index contributed by atoms with van der Waals surface area (Å²) in [6, 6.07) is 5.35. The smallest absolute Gasteiger partial charge is 0.254 e. The molecule has 0 aliphatic heterocycles. The molecule has 1 aromatic carbocycles. The maximum Gasteiger partial charge on any atom is 0.254 e. The summed E-state index contributed by atoms with van der Waals surface area (Å²) in [6.07, 6.45) is 6.47. The molecule has 0 unspecified atom stereocenters. The SMILES string of the molecule is CCOCCCNC(=O)c1c(NC(=O)Cc2coc3ccc(Cl)cc23)sc2c1CCCC2. The van der Waals surface area contributed by atoms with Crippen LogP contribution in [0.3, 0.4) is 0 Å². The van der Waals surface area contributed by atoms with E-state index in [-0.39, 0.29) is 18.2 Å². The molecule has 0 atom stereocenters. The number of benzene rings is 1. The third kappa shape index (κ3) is 5.17. The molecule has 8 heteroatoms. The molecule has 1 aliphatic carbocycles. The monoisotopic (exact) mass is 474 g/mol. The number of rotatable bonds is 9. The number of ether oxygens (including phenoxy) is 1. The molecule has 170 valence electrons. The zero-order valence-corrected chi connectivity index (χ0v) is 19.7. The number of thiophene rings is 1. The molecule has 2 aromatic heterocycles. The lowest BCUT2D eigenvalue weighted by atomic mass is 9.95. The summed E-state index contributed by atoms with van der Waals surface area (Å²) in [6.45, 7) is 3.77. The molecule has 0 bridgehead atoms. The van der Waals surface area contributed by atoms with Crippen LogP contribution in [0.5, 0.6) is 0 Å². The number of fused-ring (bicyclic) bond motifs is 2. The minimum Gasteiger partial charge on any atom is -0.464 e. The van der Waals surface area contributed by atoms with Gasteiger partial charge in [-0.3, -0.25) is 9.59 Å². The number of carbonyl (C=O) groups is 2. The van der Waals surface area contributed by atoms with E-state index in [1.54, 1.807) is 24.5 Å². The lowest BCUT2D eigenvalue weighted by Gasteiger charge is -2.13. The van der Waals surface area contributed by atoms with Crippen LogP contribution in [0.1, 0.15) is 52.5 Å². The first kappa shape index (κ1) is 22.8. The van der Waals surface area contributed by atoms with Crippen LogP contribution in [0.25, 0.3) is 11.0 Å². The molecular weight excluding hydrogens is 448 g/mol. The number of anilines is 1. The molecule has 32 heavy (non-hydrogen) atoms. The van der Waals surface area contributed by atoms with Gasteiger partial charge in [0.2, 0.25) is 5.91 Å². The Morgan fingerprint density at radius 3 is 2.94 bits per heavy atom. The van der Waals surface area contributed by atoms with Crippen molar-refractivity contribution in [3.63, 3.8) is 0 Å². The van der Waals surface area contributed by atoms with Crippen LogP contribution < -0.4 is 10.6 Å². The summed E-state index contributed by atoms with van der Waals surface area (Å²) in [7, 11) is 0. The van der Waals surface area contributed by atoms with Crippen molar-refractivity contribution in [2.75, 3.05) is 25.1 Å². The minimum absolute atomic E-state index is 0.128. The summed E-state index contributed by atoms with van der Waals surface area (Å²) in [5.41, 5.74) is 3.16. The van der Waals surface area contributed by atoms with E-state index in [0.717, 1.165) is 48.6 Å². The molecule has 6 nitrogen and oxygen atoms in total. The Balaban J connectivity index is 1.49. The van der Waals surface area contributed by atoms with Crippen molar-refractivity contribution in [3.05, 3.63) is 51.1 Å². The van der Waals surface area contributed by atoms with Gasteiger partial charge in [-0.25, -0.2) is 0 Å². The molecule has 1 aliphatic rings. The van der Waals surface area contributed by atoms with Gasteiger partial charge in [-0.2, -0.15) is 0 Å². The Morgan fingerprint density at radius 1 is 1.25 bits per heavy atom. The van der Waals surface area contributed by atoms with Gasteiger partial charge in [-0.15, -0.1) is 11.3 Å². The summed E-state index contributed by atoms with van der Waals surface area (Å²) in [4.78, 5) is 27.1. The zero-order chi connectivity index (χ0) is 22.5. The Bertz CT molecular complexity index is 1120. The van der Waals surface area contributed by atoms with Gasteiger partial charge in [0.25, 0.3) is 5.91 Å². The topological polar surface area (TPSA) is 80.6 Å². The highest BCUT2D eigenvalue weighted by Gasteiger charge is 2.26. The van der Waals surface area contributed by atoms with Crippen molar-refractivity contribution in [3.8, 4) is 0 Å². The number of halogens is 1. The van der Waals surface area contributed by atoms with E-state index in [9.17, 15) is 9.59 Å². The first-order chi connectivity index (χ1) is 15.6. The van der Waals surface area contributed by atoms with Gasteiger partial charge >= 0.3 is 0 Å². The summed E-state index contributed by atoms with van der Waals surface area (Å²) in [5, 5.41) is 8.04. The van der Waals surface area contributed by atoms with Crippen LogP contribution in [0, 0.1) is 0 Å². The molecule has 2 N–H and O–H groups in total. The quantitative estimate of drug-likeness (QED) is 0.409. The maximum absolute atomic E-state index is 13.0. The number of amides is 2. The van der Waals surface area contributed by atoms with Crippen LogP contribution >= 0.6 is 22.9 Å². The minimum atomic E-state index is -0.184. The Kier molecular flexibility index (Phi) is 7.50. The fraction of sp³-hybridized carbons (Fsp3) is 0.417. The third-order valence-electron chi connectivity index (χ3n) is 5.57. The first-order valence-electron chi connectivity index (χ1n) is 11.0. The number of hydrogen-bond donors (Lipinski definition) is 2. The summed E-state index contributed by atoms with van der Waals surface area (Å²) < 4.78 is 10.9. The fourth-order valence-corrected chi connectivity index (χ4v) is 5.51. The predicted molar refractivity (Wildman–Crippen MR) is 128 cm³/mol. The van der Waals surface area contributed by atoms with E-state index in [0.29, 0.717) is 40.9 Å². The van der Waals surface area contributed by atoms with Gasteiger partial charge in [0.1, 0.15) is 10.6 Å². The number of nitrogens with one attached hydrogen (secondary N) is 2. The van der Waals surface area contributed by atoms with Crippen LogP contribution in [-0.4, -0.2) is 31.6 Å². The van der Waals surface area contributed by atoms with Crippen LogP contribution in [-0.2, 0) is 28.8 Å². The van der Waals surface area contributed by atoms with Gasteiger partial charge in [-0.1, -0.05) is 11.6 Å². The average molecular weight is 475 g/mol. The lowest BCUT2D eigenvalue weighted by molar-refractivity contribution is -0.115. The molecule has 0 saturated carbocycles. The average Bonchev–Trinajstić information content (AvgIpc) is 3.34. The van der Waals surface area contributed by atoms with Crippen molar-refractivity contribution >= 4 is 50.7 Å². The zero-order valence-electron chi connectivity index (χ0n) is 18.1. The number of hydrogen-bond acceptors (Lipinski definition) is 5. The van der Waals surface area contributed by atoms with E-state index in [2.05, 4.69) is 10.6 Å². The molecule has 3 aromatic rings. The molecule has 2 heterocycles. The van der Waals surface area contributed by atoms with E-state index in [1.807, 2.05) is 6.92 Å². The molecular formula is C24H27ClN2O4S. The molecule has 0 saturated heterocycles. The fourth-order valence-electron chi connectivity index (χ4n) is 4.04. The normalized spacial score (nSPS) is 13.2. The standard InChI is InChI=1S/C24H27ClN2O4S/c1-2-30-11-5-10-26-23(29)22-17-6-3-4-7-20(17)32-24(22)27-21(28)12-15-14-31-19-9-8-16(25)13-18(15)19/h8-9,13-14H,2-7,10-12H2,1H3,(H,26,29)(H,27,28). The van der Waals surface area contributed by atoms with Crippen molar-refractivity contribution < 1.29 is 18.7 Å². The molecule has 2 amide bonds. The summed E-state index contributed by atoms with van der Waals surface area (Å²) in [5.74, 6) is -0.312. The van der Waals surface area contributed by atoms with Crippen LogP contribution in [0.4, 0.5) is 5.00 Å². The second-order valence-electron chi connectivity index (χ2n) is 7.85. The summed E-state index contributed by atoms with van der Waals surface area (Å²) >= 11 is 7.63. The molecule has 0 spiro atoms. The van der Waals surface area contributed by atoms with Gasteiger partial charge < -0.3 is 19.8 Å². The predicted octanol–water partition coefficient (Wildman–Crippen LogP) is 5.36. The van der Waals surface area contributed by atoms with Crippen LogP contribution in [0.15, 0.2) is 28.9 Å². The second-order valence-corrected chi connectivity index (χ2v) is 9.39. The molecule has 0 radical (unpaired) electrons. The van der Waals surface area contributed by atoms with E-state index in [1.165, 1.54) is 16.2 Å². The van der Waals surface area contributed by atoms with Crippen molar-refractivity contribution in [1.82, 2.24) is 5.32 Å². The van der Waals surface area contributed by atoms with Crippen molar-refractivity contribution in [2.45, 2.75) is 45.4 Å². The Hall–Kier alpha value is -2.35. The highest BCUT2D eigenvalue weighted by Crippen LogP contribution is 2.38. The van der Waals surface area contributed by atoms with Gasteiger partial charge in [0.05, 0.1) is 18.2 Å². The van der Waals surface area contributed by atoms with Crippen molar-refractivity contribution in [2.24, 2.45) is 0 Å². The van der Waals surface area contributed by atoms with E-state index in [4.69, 9.17) is 20.8 Å². The maximum atomic E-state index is 13.0. The van der Waals surface area contributed by atoms with Gasteiger partial charge in [-0.05, 0) is 62.8 Å². The molecule has 0 fully saturated rings. The highest BCUT2D eigenvalue weighted by atomic mass is 35.5. The Labute approximate surface area is 196 Å².